The van der Waals surface area contributed by atoms with Crippen molar-refractivity contribution in [1.29, 1.82) is 0 Å². The highest BCUT2D eigenvalue weighted by molar-refractivity contribution is 8.77. The van der Waals surface area contributed by atoms with Crippen molar-refractivity contribution in [2.45, 2.75) is 105 Å². The van der Waals surface area contributed by atoms with Gasteiger partial charge in [0.2, 0.25) is 0 Å². The third kappa shape index (κ3) is 28.5. The number of hydrazine groups is 1. The van der Waals surface area contributed by atoms with Gasteiger partial charge in [-0.2, -0.15) is 10.2 Å². The fraction of sp³-hybridized carbons (Fsp3) is 0.260. The van der Waals surface area contributed by atoms with Crippen LogP contribution in [-0.4, -0.2) is 149 Å². The number of amides is 1. The number of furan rings is 3. The molecular formula is C77H82F2N20O13S18. The number of nitrogens with zero attached hydrogens (tertiary/aromatic N) is 14. The van der Waals surface area contributed by atoms with Gasteiger partial charge in [0, 0.05) is 236 Å². The molecule has 17 rings (SSSR count). The van der Waals surface area contributed by atoms with Crippen LogP contribution in [0.4, 0.5) is 14.6 Å². The number of carboxylic acid groups (broad SMARTS) is 1. The molecular weight excluding hydrogens is 2030 g/mol. The summed E-state index contributed by atoms with van der Waals surface area (Å²) in [4.78, 5) is 67.7. The molecule has 12 N–H and O–H groups in total. The van der Waals surface area contributed by atoms with E-state index in [0.29, 0.717) is 122 Å². The molecule has 0 fully saturated rings. The Balaban J connectivity index is 0.000000183. The molecule has 13 aromatic rings. The van der Waals surface area contributed by atoms with E-state index in [1.165, 1.54) is 42.0 Å². The lowest BCUT2D eigenvalue weighted by molar-refractivity contribution is 0.0672. The minimum absolute atomic E-state index is 0. The highest BCUT2D eigenvalue weighted by atomic mass is 33.5. The van der Waals surface area contributed by atoms with Crippen LogP contribution in [0.25, 0.3) is 50.3 Å². The number of aromatic amines is 2. The number of carbonyl (C=O) groups excluding carboxylic acids is 2. The average Bonchev–Trinajstić information content (AvgIpc) is 1.66. The number of aryl methyl sites for hydroxylation is 1. The van der Waals surface area contributed by atoms with Gasteiger partial charge in [-0.25, -0.2) is 34.6 Å². The lowest BCUT2D eigenvalue weighted by Gasteiger charge is -2.33. The average molecular weight is 2110 g/mol. The first kappa shape index (κ1) is 99.9. The number of hydrogen-bond acceptors (Lipinski definition) is 28. The summed E-state index contributed by atoms with van der Waals surface area (Å²) >= 11 is 9.49. The number of aldehydes is 1. The second kappa shape index (κ2) is 52.4. The number of benzene rings is 4. The van der Waals surface area contributed by atoms with Crippen molar-refractivity contribution in [3.8, 4) is 23.2 Å². The van der Waals surface area contributed by atoms with E-state index in [2.05, 4.69) is 100.0 Å². The summed E-state index contributed by atoms with van der Waals surface area (Å²) in [5.41, 5.74) is 6.71. The third-order valence-electron chi connectivity index (χ3n) is 18.8. The maximum absolute atomic E-state index is 14.9. The summed E-state index contributed by atoms with van der Waals surface area (Å²) in [7, 11) is 27.2. The minimum atomic E-state index is -1.32. The zero-order valence-electron chi connectivity index (χ0n) is 70.3. The summed E-state index contributed by atoms with van der Waals surface area (Å²) in [6.07, 6.45) is 8.88. The predicted octanol–water partition coefficient (Wildman–Crippen LogP) is 8.01. The van der Waals surface area contributed by atoms with E-state index >= 15 is 0 Å². The first-order valence-corrected chi connectivity index (χ1v) is 60.8. The number of aliphatic hydroxyl groups is 4. The van der Waals surface area contributed by atoms with Crippen LogP contribution in [0.5, 0.6) is 0 Å². The molecule has 4 aliphatic rings. The lowest BCUT2D eigenvalue weighted by atomic mass is 10.0. The van der Waals surface area contributed by atoms with Crippen LogP contribution in [0.1, 0.15) is 150 Å². The number of carbonyl (C=O) groups is 3. The highest BCUT2D eigenvalue weighted by Gasteiger charge is 2.33. The van der Waals surface area contributed by atoms with Crippen molar-refractivity contribution in [3.63, 3.8) is 0 Å². The van der Waals surface area contributed by atoms with E-state index in [4.69, 9.17) is 64.9 Å². The minimum Gasteiger partial charge on any atom is -0.478 e. The normalized spacial score (nSPS) is 14.2. The number of allylic oxidation sites excluding steroid dienone is 3. The SMILES string of the molecule is CC1CN(C(=O)c2cc(Cc3n[nH]c(=O)c4ccccc34)ccc2F)Cc2nnc(C3=CC=C(CO)C3)n21.CC1CNCc2nnc(-c3ccc(CO)o3)n21.CC1CNCc2nnc(-c3ccc(CO)o3)n21.Cc1cncc(NN)n1.O=C(O)c1cc(Cc2n[nH]c(=O)c3ccccc23)ccc1F.O=Cc1ccc(CO)o1.S=S=S=S=S=S=S=S=S=S=S=S=S=S=S=S=S=S.[2H][2H].[HH]. The van der Waals surface area contributed by atoms with Crippen LogP contribution >= 0.6 is 0 Å². The Bertz CT molecular complexity index is 7130. The van der Waals surface area contributed by atoms with Crippen molar-refractivity contribution in [3.05, 3.63) is 269 Å². The molecule has 53 heteroatoms. The fourth-order valence-corrected chi connectivity index (χ4v) is 51.5. The van der Waals surface area contributed by atoms with Crippen LogP contribution in [0.15, 0.2) is 174 Å². The fourth-order valence-electron chi connectivity index (χ4n) is 13.1. The third-order valence-corrected chi connectivity index (χ3v) is 52.1. The number of H-pyrrole nitrogens is 2. The highest BCUT2D eigenvalue weighted by Crippen LogP contribution is 2.34. The number of anilines is 1. The number of nitrogens with one attached hydrogen (secondary N) is 5. The van der Waals surface area contributed by atoms with E-state index in [9.17, 15) is 37.9 Å². The summed E-state index contributed by atoms with van der Waals surface area (Å²) in [6, 6.07) is 33.2. The predicted molar refractivity (Wildman–Crippen MR) is 539 cm³/mol. The molecule has 690 valence electrons. The number of halogens is 2. The van der Waals surface area contributed by atoms with E-state index in [-0.39, 0.29) is 74.9 Å². The Labute approximate surface area is 798 Å². The summed E-state index contributed by atoms with van der Waals surface area (Å²) in [5.74, 6) is 10.2. The van der Waals surface area contributed by atoms with Crippen LogP contribution < -0.4 is 33.0 Å². The van der Waals surface area contributed by atoms with Crippen LogP contribution in [-0.2, 0) is 217 Å². The molecule has 1 aliphatic carbocycles. The van der Waals surface area contributed by atoms with Gasteiger partial charge in [-0.05, 0) is 124 Å². The number of nitrogens with two attached hydrogens (primary N) is 1. The Morgan fingerprint density at radius 2 is 1.03 bits per heavy atom. The second-order valence-electron chi connectivity index (χ2n) is 27.4. The number of aromatic carboxylic acids is 1. The van der Waals surface area contributed by atoms with Gasteiger partial charge in [0.25, 0.3) is 17.0 Å². The molecule has 33 nitrogen and oxygen atoms in total. The van der Waals surface area contributed by atoms with Crippen LogP contribution in [0, 0.1) is 18.6 Å². The molecule has 3 aliphatic heterocycles. The number of fused-ring (bicyclic) bond motifs is 5. The molecule has 0 saturated carbocycles. The van der Waals surface area contributed by atoms with Crippen LogP contribution in [0.3, 0.4) is 0 Å². The molecule has 0 bridgehead atoms. The summed E-state index contributed by atoms with van der Waals surface area (Å²) in [5, 5.41) is 92.3. The Kier molecular flexibility index (Phi) is 40.3. The lowest BCUT2D eigenvalue weighted by Crippen LogP contribution is -2.41. The van der Waals surface area contributed by atoms with E-state index in [0.717, 1.165) is 78.2 Å². The van der Waals surface area contributed by atoms with E-state index in [1.807, 2.05) is 54.8 Å². The smallest absolute Gasteiger partial charge is 0.338 e. The Hall–Kier alpha value is -9.07. The standard InChI is InChI=1S/C28H25FN6O3.C16H11FN2O3.2C11H14N4O2.C6H6O3.C5H8N4.S18.2H2/c1-16-13-34(14-25-31-32-26(35(16)25)19-8-6-18(10-19)15-36)28(38)22-11-17(7-9-23(22)29)12-24-20-4-2-3-5-21(20)27(37)33-30-24;17-13-6-5-9(7-12(13)16(21)22)8-14-10-3-1-2-4-11(10)15(20)19-18-14;2*1-7-4-12-5-10-13-14-11(15(7)10)9-3-2-8(6-16)17-9;7-3-5-1-2-6(4-8)9-5;1-4-2-7-3-5(8-4)9-6;1-3-5-7-9-11-13-15-17-18-16-14-12-10-8-6-4-2;;/h2-9,11,16,36H,10,12-15H2,1H3,(H,33,37);1-7H,8H2,(H,19,20)(H,21,22);2*2-3,7,12,16H,4-6H2,1H3;1-3,8H,4H2;2-3H,6H2,1H3,(H,8,9);;2*1H/i;;;;;;;1+1D;. The molecule has 3 atom stereocenters. The molecule has 0 spiro atoms. The number of hydrogen-bond donors (Lipinski definition) is 11. The van der Waals surface area contributed by atoms with E-state index in [1.54, 1.807) is 208 Å². The van der Waals surface area contributed by atoms with Gasteiger partial charge in [0.15, 0.2) is 52.7 Å². The van der Waals surface area contributed by atoms with Gasteiger partial charge < -0.3 is 73.4 Å². The summed E-state index contributed by atoms with van der Waals surface area (Å²) in [6.45, 7) is 11.5. The van der Waals surface area contributed by atoms with Gasteiger partial charge in [-0.3, -0.25) is 24.2 Å². The molecule has 130 heavy (non-hydrogen) atoms. The maximum Gasteiger partial charge on any atom is 0.338 e. The Morgan fingerprint density at radius 1 is 0.577 bits per heavy atom. The number of aromatic nitrogens is 15. The van der Waals surface area contributed by atoms with Gasteiger partial charge in [-0.15, -0.1) is 30.6 Å². The topological polar surface area (TPSA) is 467 Å². The molecule has 0 radical (unpaired) electrons. The molecule has 1 amide bonds. The van der Waals surface area contributed by atoms with Gasteiger partial charge in [0.05, 0.1) is 77.5 Å². The molecule has 0 saturated heterocycles. The monoisotopic (exact) mass is 2110 g/mol. The first-order valence-electron chi connectivity index (χ1n) is 39.1. The number of nitrogen functional groups attached to an aromatic ring is 1. The maximum atomic E-state index is 14.9. The van der Waals surface area contributed by atoms with Gasteiger partial charge in [0.1, 0.15) is 60.4 Å². The number of aliphatic hydroxyl groups excluding tert-OH is 4. The van der Waals surface area contributed by atoms with Crippen molar-refractivity contribution in [2.24, 2.45) is 5.84 Å². The largest absolute Gasteiger partial charge is 0.478 e. The molecule has 4 aromatic carbocycles. The van der Waals surface area contributed by atoms with Crippen molar-refractivity contribution < 1.29 is 66.3 Å². The summed E-state index contributed by atoms with van der Waals surface area (Å²) < 4.78 is 60.3. The van der Waals surface area contributed by atoms with Crippen LogP contribution in [0.2, 0.25) is 0 Å². The van der Waals surface area contributed by atoms with Crippen molar-refractivity contribution >= 4 is 216 Å². The molecule has 12 heterocycles. The number of carboxylic acids is 1. The molecule has 9 aromatic heterocycles. The Morgan fingerprint density at radius 3 is 1.46 bits per heavy atom. The second-order valence-corrected chi connectivity index (χ2v) is 55.7. The first-order chi connectivity index (χ1) is 64.2. The van der Waals surface area contributed by atoms with Crippen molar-refractivity contribution in [2.75, 3.05) is 31.7 Å². The van der Waals surface area contributed by atoms with E-state index < -0.39 is 23.5 Å². The van der Waals surface area contributed by atoms with Gasteiger partial charge in [-0.1, -0.05) is 60.7 Å². The molecule has 3 unspecified atom stereocenters. The van der Waals surface area contributed by atoms with Gasteiger partial charge >= 0.3 is 5.97 Å². The van der Waals surface area contributed by atoms with Crippen molar-refractivity contribution in [1.82, 2.24) is 90.2 Å². The zero-order valence-corrected chi connectivity index (χ0v) is 83.0. The number of rotatable bonds is 15. The quantitative estimate of drug-likeness (QED) is 0.0263. The zero-order chi connectivity index (χ0) is 94.4.